The molecule has 2 aromatic rings. The summed E-state index contributed by atoms with van der Waals surface area (Å²) in [5, 5.41) is 3.26. The molecule has 0 radical (unpaired) electrons. The Morgan fingerprint density at radius 2 is 1.85 bits per heavy atom. The van der Waals surface area contributed by atoms with Crippen LogP contribution in [0.5, 0.6) is 0 Å². The quantitative estimate of drug-likeness (QED) is 0.686. The number of benzene rings is 2. The Kier molecular flexibility index (Phi) is 7.06. The summed E-state index contributed by atoms with van der Waals surface area (Å²) in [4.78, 5) is 12.3. The van der Waals surface area contributed by atoms with Gasteiger partial charge in [-0.1, -0.05) is 43.5 Å². The van der Waals surface area contributed by atoms with Gasteiger partial charge in [0.15, 0.2) is 0 Å². The molecule has 2 rings (SSSR count). The van der Waals surface area contributed by atoms with Crippen molar-refractivity contribution in [2.45, 2.75) is 31.1 Å². The van der Waals surface area contributed by atoms with Crippen LogP contribution in [0.25, 0.3) is 0 Å². The van der Waals surface area contributed by atoms with Gasteiger partial charge in [-0.05, 0) is 42.8 Å². The number of amides is 1. The molecule has 7 heteroatoms. The van der Waals surface area contributed by atoms with E-state index in [-0.39, 0.29) is 10.8 Å². The number of carbonyl (C=O) groups is 1. The van der Waals surface area contributed by atoms with Gasteiger partial charge in [0.1, 0.15) is 0 Å². The third kappa shape index (κ3) is 4.99. The highest BCUT2D eigenvalue weighted by molar-refractivity contribution is 7.92. The summed E-state index contributed by atoms with van der Waals surface area (Å²) < 4.78 is 26.9. The highest BCUT2D eigenvalue weighted by atomic mass is 35.5. The Bertz CT molecular complexity index is 869. The summed E-state index contributed by atoms with van der Waals surface area (Å²) in [6.45, 7) is 2.67. The van der Waals surface area contributed by atoms with Crippen LogP contribution >= 0.6 is 11.6 Å². The molecular weight excluding hydrogens is 372 g/mol. The minimum atomic E-state index is -3.80. The number of nitrogens with one attached hydrogen (secondary N) is 1. The van der Waals surface area contributed by atoms with Gasteiger partial charge in [-0.3, -0.25) is 9.10 Å². The first kappa shape index (κ1) is 20.3. The lowest BCUT2D eigenvalue weighted by Crippen LogP contribution is -2.28. The highest BCUT2D eigenvalue weighted by Crippen LogP contribution is 2.25. The molecule has 0 saturated carbocycles. The fraction of sp³-hybridized carbons (Fsp3) is 0.316. The highest BCUT2D eigenvalue weighted by Gasteiger charge is 2.22. The van der Waals surface area contributed by atoms with Gasteiger partial charge in [-0.15, -0.1) is 0 Å². The molecule has 26 heavy (non-hydrogen) atoms. The van der Waals surface area contributed by atoms with E-state index in [0.717, 1.165) is 23.6 Å². The standard InChI is InChI=1S/C19H23ClN2O3S/c1-3-4-5-12-21-19(23)15-8-6-11-18(13-15)26(24,25)22(2)17-10-7-9-16(20)14-17/h6-11,13-14H,3-5,12H2,1-2H3,(H,21,23). The molecule has 0 aliphatic rings. The third-order valence-electron chi connectivity index (χ3n) is 3.99. The van der Waals surface area contributed by atoms with Crippen molar-refractivity contribution in [1.82, 2.24) is 5.32 Å². The first-order chi connectivity index (χ1) is 12.4. The number of hydrogen-bond donors (Lipinski definition) is 1. The fourth-order valence-electron chi connectivity index (χ4n) is 2.45. The lowest BCUT2D eigenvalue weighted by Gasteiger charge is -2.20. The molecule has 0 bridgehead atoms. The number of rotatable bonds is 8. The second kappa shape index (κ2) is 9.05. The van der Waals surface area contributed by atoms with Crippen LogP contribution in [0, 0.1) is 0 Å². The van der Waals surface area contributed by atoms with Crippen LogP contribution in [-0.2, 0) is 10.0 Å². The Labute approximate surface area is 160 Å². The summed E-state index contributed by atoms with van der Waals surface area (Å²) in [5.41, 5.74) is 0.772. The van der Waals surface area contributed by atoms with Gasteiger partial charge >= 0.3 is 0 Å². The molecule has 5 nitrogen and oxygen atoms in total. The van der Waals surface area contributed by atoms with E-state index in [1.54, 1.807) is 36.4 Å². The monoisotopic (exact) mass is 394 g/mol. The summed E-state index contributed by atoms with van der Waals surface area (Å²) in [6.07, 6.45) is 3.01. The van der Waals surface area contributed by atoms with Crippen molar-refractivity contribution < 1.29 is 13.2 Å². The minimum Gasteiger partial charge on any atom is -0.352 e. The molecule has 0 heterocycles. The molecule has 0 aliphatic carbocycles. The minimum absolute atomic E-state index is 0.0567. The molecule has 1 amide bonds. The number of nitrogens with zero attached hydrogens (tertiary/aromatic N) is 1. The molecule has 2 aromatic carbocycles. The predicted octanol–water partition coefficient (Wildman–Crippen LogP) is 4.09. The second-order valence-electron chi connectivity index (χ2n) is 5.94. The Hall–Kier alpha value is -2.05. The average molecular weight is 395 g/mol. The van der Waals surface area contributed by atoms with E-state index < -0.39 is 10.0 Å². The van der Waals surface area contributed by atoms with Gasteiger partial charge in [0, 0.05) is 24.2 Å². The van der Waals surface area contributed by atoms with Crippen molar-refractivity contribution in [3.63, 3.8) is 0 Å². The van der Waals surface area contributed by atoms with Gasteiger partial charge in [0.2, 0.25) is 0 Å². The molecule has 1 N–H and O–H groups in total. The van der Waals surface area contributed by atoms with Crippen molar-refractivity contribution in [3.05, 3.63) is 59.1 Å². The molecule has 0 unspecified atom stereocenters. The van der Waals surface area contributed by atoms with Gasteiger partial charge in [0.05, 0.1) is 10.6 Å². The maximum absolute atomic E-state index is 12.9. The van der Waals surface area contributed by atoms with Crippen molar-refractivity contribution in [3.8, 4) is 0 Å². The topological polar surface area (TPSA) is 66.5 Å². The van der Waals surface area contributed by atoms with Crippen LogP contribution < -0.4 is 9.62 Å². The van der Waals surface area contributed by atoms with Crippen LogP contribution in [0.4, 0.5) is 5.69 Å². The molecule has 140 valence electrons. The van der Waals surface area contributed by atoms with Gasteiger partial charge in [-0.25, -0.2) is 8.42 Å². The predicted molar refractivity (Wildman–Crippen MR) is 105 cm³/mol. The van der Waals surface area contributed by atoms with Crippen molar-refractivity contribution in [2.24, 2.45) is 0 Å². The SMILES string of the molecule is CCCCCNC(=O)c1cccc(S(=O)(=O)N(C)c2cccc(Cl)c2)c1. The first-order valence-corrected chi connectivity index (χ1v) is 10.3. The van der Waals surface area contributed by atoms with E-state index in [1.807, 2.05) is 0 Å². The van der Waals surface area contributed by atoms with E-state index in [4.69, 9.17) is 11.6 Å². The molecular formula is C19H23ClN2O3S. The van der Waals surface area contributed by atoms with Crippen LogP contribution in [-0.4, -0.2) is 27.9 Å². The number of unbranched alkanes of at least 4 members (excludes halogenated alkanes) is 2. The molecule has 0 aromatic heterocycles. The van der Waals surface area contributed by atoms with Gasteiger partial charge in [0.25, 0.3) is 15.9 Å². The Morgan fingerprint density at radius 3 is 2.54 bits per heavy atom. The lowest BCUT2D eigenvalue weighted by atomic mass is 10.2. The van der Waals surface area contributed by atoms with E-state index in [0.29, 0.717) is 22.8 Å². The molecule has 0 saturated heterocycles. The summed E-state index contributed by atoms with van der Waals surface area (Å²) in [7, 11) is -2.34. The lowest BCUT2D eigenvalue weighted by molar-refractivity contribution is 0.0952. The van der Waals surface area contributed by atoms with E-state index in [1.165, 1.54) is 19.2 Å². The van der Waals surface area contributed by atoms with Crippen LogP contribution in [0.3, 0.4) is 0 Å². The Balaban J connectivity index is 2.21. The van der Waals surface area contributed by atoms with Gasteiger partial charge < -0.3 is 5.32 Å². The van der Waals surface area contributed by atoms with Crippen LogP contribution in [0.15, 0.2) is 53.4 Å². The zero-order valence-corrected chi connectivity index (χ0v) is 16.5. The average Bonchev–Trinajstić information content (AvgIpc) is 2.64. The van der Waals surface area contributed by atoms with Gasteiger partial charge in [-0.2, -0.15) is 0 Å². The number of hydrogen-bond acceptors (Lipinski definition) is 3. The number of sulfonamides is 1. The summed E-state index contributed by atoms with van der Waals surface area (Å²) in [5.74, 6) is -0.274. The van der Waals surface area contributed by atoms with Crippen molar-refractivity contribution >= 4 is 33.2 Å². The molecule has 0 aliphatic heterocycles. The van der Waals surface area contributed by atoms with E-state index >= 15 is 0 Å². The molecule has 0 atom stereocenters. The first-order valence-electron chi connectivity index (χ1n) is 8.49. The smallest absolute Gasteiger partial charge is 0.264 e. The van der Waals surface area contributed by atoms with E-state index in [9.17, 15) is 13.2 Å². The third-order valence-corrected chi connectivity index (χ3v) is 6.01. The zero-order chi connectivity index (χ0) is 19.2. The molecule has 0 fully saturated rings. The van der Waals surface area contributed by atoms with Crippen molar-refractivity contribution in [2.75, 3.05) is 17.9 Å². The number of anilines is 1. The zero-order valence-electron chi connectivity index (χ0n) is 14.9. The normalized spacial score (nSPS) is 11.2. The largest absolute Gasteiger partial charge is 0.352 e. The second-order valence-corrected chi connectivity index (χ2v) is 8.35. The summed E-state index contributed by atoms with van der Waals surface area (Å²) in [6, 6.07) is 12.6. The Morgan fingerprint density at radius 1 is 1.12 bits per heavy atom. The number of carbonyl (C=O) groups excluding carboxylic acids is 1. The molecule has 0 spiro atoms. The maximum atomic E-state index is 12.9. The van der Waals surface area contributed by atoms with Crippen LogP contribution in [0.2, 0.25) is 5.02 Å². The summed E-state index contributed by atoms with van der Waals surface area (Å²) >= 11 is 5.95. The van der Waals surface area contributed by atoms with E-state index in [2.05, 4.69) is 12.2 Å². The maximum Gasteiger partial charge on any atom is 0.264 e. The fourth-order valence-corrected chi connectivity index (χ4v) is 3.86. The van der Waals surface area contributed by atoms with Crippen molar-refractivity contribution in [1.29, 1.82) is 0 Å². The van der Waals surface area contributed by atoms with Crippen LogP contribution in [0.1, 0.15) is 36.5 Å². The number of halogens is 1.